The predicted molar refractivity (Wildman–Crippen MR) is 136 cm³/mol. The van der Waals surface area contributed by atoms with Crippen molar-refractivity contribution in [2.24, 2.45) is 11.3 Å². The van der Waals surface area contributed by atoms with Crippen LogP contribution in [0.1, 0.15) is 51.5 Å². The van der Waals surface area contributed by atoms with Crippen LogP contribution in [-0.2, 0) is 9.53 Å². The Morgan fingerprint density at radius 3 is 2.51 bits per heavy atom. The molecule has 7 nitrogen and oxygen atoms in total. The van der Waals surface area contributed by atoms with E-state index in [9.17, 15) is 9.90 Å². The number of carboxylic acids is 1. The van der Waals surface area contributed by atoms with Gasteiger partial charge in [-0.15, -0.1) is 0 Å². The molecule has 184 valence electrons. The average Bonchev–Trinajstić information content (AvgIpc) is 3.25. The topological polar surface area (TPSA) is 97.3 Å². The largest absolute Gasteiger partial charge is 0.481 e. The molecule has 35 heavy (non-hydrogen) atoms. The molecule has 2 aromatic heterocycles. The van der Waals surface area contributed by atoms with E-state index in [1.807, 2.05) is 32.0 Å². The van der Waals surface area contributed by atoms with Gasteiger partial charge < -0.3 is 19.6 Å². The van der Waals surface area contributed by atoms with Crippen LogP contribution in [0, 0.1) is 11.3 Å². The highest BCUT2D eigenvalue weighted by molar-refractivity contribution is 6.33. The third-order valence-electron chi connectivity index (χ3n) is 7.42. The summed E-state index contributed by atoms with van der Waals surface area (Å²) in [5.74, 6) is -0.596. The van der Waals surface area contributed by atoms with Gasteiger partial charge in [-0.1, -0.05) is 41.9 Å². The lowest BCUT2D eigenvalue weighted by molar-refractivity contribution is -0.151. The first kappa shape index (κ1) is 23.8. The number of imidazole rings is 1. The third-order valence-corrected chi connectivity index (χ3v) is 7.71. The molecule has 0 bridgehead atoms. The molecular weight excluding hydrogens is 466 g/mol. The lowest BCUT2D eigenvalue weighted by Gasteiger charge is -2.36. The van der Waals surface area contributed by atoms with Gasteiger partial charge in [0, 0.05) is 5.56 Å². The van der Waals surface area contributed by atoms with Gasteiger partial charge in [0.05, 0.1) is 34.9 Å². The Morgan fingerprint density at radius 1 is 1.14 bits per heavy atom. The van der Waals surface area contributed by atoms with Gasteiger partial charge in [0.2, 0.25) is 0 Å². The number of carbonyl (C=O) groups is 1. The minimum absolute atomic E-state index is 0.00149. The molecule has 0 unspecified atom stereocenters. The molecule has 0 atom stereocenters. The van der Waals surface area contributed by atoms with Crippen LogP contribution in [-0.4, -0.2) is 45.3 Å². The van der Waals surface area contributed by atoms with E-state index in [2.05, 4.69) is 28.2 Å². The summed E-state index contributed by atoms with van der Waals surface area (Å²) in [6.45, 7) is 5.03. The summed E-state index contributed by atoms with van der Waals surface area (Å²) in [5, 5.41) is 10.0. The van der Waals surface area contributed by atoms with E-state index in [0.29, 0.717) is 29.0 Å². The number of aromatic amines is 1. The van der Waals surface area contributed by atoms with E-state index in [-0.39, 0.29) is 12.0 Å². The van der Waals surface area contributed by atoms with Crippen LogP contribution in [0.5, 0.6) is 6.01 Å². The third kappa shape index (κ3) is 4.93. The monoisotopic (exact) mass is 495 g/mol. The number of hydrogen-bond acceptors (Lipinski definition) is 5. The Bertz CT molecular complexity index is 1260. The predicted octanol–water partition coefficient (Wildman–Crippen LogP) is 6.13. The van der Waals surface area contributed by atoms with E-state index in [0.717, 1.165) is 49.8 Å². The number of pyridine rings is 1. The van der Waals surface area contributed by atoms with Gasteiger partial charge in [0.1, 0.15) is 6.10 Å². The summed E-state index contributed by atoms with van der Waals surface area (Å²) in [6, 6.07) is 10.5. The number of hydrogen-bond donors (Lipinski definition) is 2. The molecule has 1 saturated carbocycles. The number of rotatable bonds is 6. The second kappa shape index (κ2) is 9.63. The van der Waals surface area contributed by atoms with Crippen molar-refractivity contribution >= 4 is 34.3 Å². The van der Waals surface area contributed by atoms with Crippen LogP contribution in [0.15, 0.2) is 36.4 Å². The quantitative estimate of drug-likeness (QED) is 0.427. The molecule has 8 heteroatoms. The summed E-state index contributed by atoms with van der Waals surface area (Å²) in [5.41, 5.74) is 4.65. The fourth-order valence-electron chi connectivity index (χ4n) is 5.02. The van der Waals surface area contributed by atoms with Crippen LogP contribution < -0.4 is 4.74 Å². The molecule has 0 radical (unpaired) electrons. The number of H-pyrrole nitrogens is 1. The number of nitrogens with one attached hydrogen (secondary N) is 1. The number of halogens is 1. The normalized spacial score (nSPS) is 21.1. The van der Waals surface area contributed by atoms with Gasteiger partial charge in [-0.2, -0.15) is 4.98 Å². The fourth-order valence-corrected chi connectivity index (χ4v) is 5.28. The van der Waals surface area contributed by atoms with Crippen molar-refractivity contribution in [1.29, 1.82) is 0 Å². The van der Waals surface area contributed by atoms with Crippen molar-refractivity contribution in [3.63, 3.8) is 0 Å². The van der Waals surface area contributed by atoms with E-state index < -0.39 is 11.4 Å². The Labute approximate surface area is 209 Å². The maximum absolute atomic E-state index is 11.6. The summed E-state index contributed by atoms with van der Waals surface area (Å²) in [6.07, 6.45) is 6.27. The Morgan fingerprint density at radius 2 is 1.86 bits per heavy atom. The first-order valence-electron chi connectivity index (χ1n) is 12.1. The number of fused-ring (bicyclic) bond motifs is 1. The minimum Gasteiger partial charge on any atom is -0.481 e. The van der Waals surface area contributed by atoms with Crippen molar-refractivity contribution in [1.82, 2.24) is 15.0 Å². The summed E-state index contributed by atoms with van der Waals surface area (Å²) in [4.78, 5) is 24.0. The fraction of sp³-hybridized carbons (Fsp3) is 0.444. The minimum atomic E-state index is -0.742. The molecule has 3 aromatic rings. The molecule has 0 spiro atoms. The highest BCUT2D eigenvalue weighted by Crippen LogP contribution is 2.39. The molecule has 1 fully saturated rings. The zero-order valence-electron chi connectivity index (χ0n) is 20.0. The van der Waals surface area contributed by atoms with Crippen LogP contribution in [0.4, 0.5) is 0 Å². The molecule has 0 amide bonds. The number of aliphatic carboxylic acids is 1. The second-order valence-electron chi connectivity index (χ2n) is 9.98. The number of benzene rings is 1. The number of aromatic nitrogens is 3. The maximum atomic E-state index is 11.6. The molecule has 0 saturated heterocycles. The summed E-state index contributed by atoms with van der Waals surface area (Å²) >= 11 is 6.58. The van der Waals surface area contributed by atoms with Crippen molar-refractivity contribution < 1.29 is 19.4 Å². The van der Waals surface area contributed by atoms with E-state index >= 15 is 0 Å². The molecular formula is C27H30ClN3O4. The zero-order valence-corrected chi connectivity index (χ0v) is 20.8. The van der Waals surface area contributed by atoms with Crippen LogP contribution >= 0.6 is 11.6 Å². The first-order chi connectivity index (χ1) is 16.8. The number of ether oxygens (including phenoxy) is 2. The van der Waals surface area contributed by atoms with Crippen LogP contribution in [0.25, 0.3) is 28.0 Å². The zero-order chi connectivity index (χ0) is 24.6. The average molecular weight is 496 g/mol. The van der Waals surface area contributed by atoms with Crippen molar-refractivity contribution in [3.8, 4) is 17.3 Å². The maximum Gasteiger partial charge on any atom is 0.309 e. The molecule has 1 aliphatic heterocycles. The smallest absolute Gasteiger partial charge is 0.309 e. The Balaban J connectivity index is 1.29. The second-order valence-corrected chi connectivity index (χ2v) is 10.4. The number of nitrogens with zero attached hydrogens (tertiary/aromatic N) is 2. The van der Waals surface area contributed by atoms with Gasteiger partial charge in [-0.05, 0) is 69.1 Å². The summed E-state index contributed by atoms with van der Waals surface area (Å²) in [7, 11) is 0. The highest BCUT2D eigenvalue weighted by Gasteiger charge is 2.39. The lowest BCUT2D eigenvalue weighted by atomic mass is 9.70. The van der Waals surface area contributed by atoms with Crippen LogP contribution in [0.3, 0.4) is 0 Å². The number of carboxylic acid groups (broad SMARTS) is 1. The standard InChI is InChI=1S/C27H30ClN3O4/c1-27(2,25(32)33)19-7-9-20(10-8-19)35-26-29-22-15-21(28)23(30-24(22)31-26)18-5-3-16(4-6-18)17-11-13-34-14-12-17/h3-6,11,15,19-20H,7-10,12-14H2,1-2H3,(H,32,33)(H,29,30,31). The van der Waals surface area contributed by atoms with Crippen LogP contribution in [0.2, 0.25) is 5.02 Å². The molecule has 2 N–H and O–H groups in total. The SMILES string of the molecule is CC(C)(C(=O)O)C1CCC(Oc2nc3nc(-c4ccc(C5=CCOCC5)cc4)c(Cl)cc3[nH]2)CC1. The Hall–Kier alpha value is -2.90. The van der Waals surface area contributed by atoms with E-state index in [1.165, 1.54) is 11.1 Å². The van der Waals surface area contributed by atoms with E-state index in [4.69, 9.17) is 26.1 Å². The van der Waals surface area contributed by atoms with Crippen molar-refractivity contribution in [3.05, 3.63) is 47.0 Å². The van der Waals surface area contributed by atoms with Gasteiger partial charge in [-0.3, -0.25) is 4.79 Å². The van der Waals surface area contributed by atoms with Gasteiger partial charge >= 0.3 is 5.97 Å². The molecule has 3 heterocycles. The highest BCUT2D eigenvalue weighted by atomic mass is 35.5. The first-order valence-corrected chi connectivity index (χ1v) is 12.5. The summed E-state index contributed by atoms with van der Waals surface area (Å²) < 4.78 is 11.5. The lowest BCUT2D eigenvalue weighted by Crippen LogP contribution is -2.37. The Kier molecular flexibility index (Phi) is 6.55. The van der Waals surface area contributed by atoms with Crippen molar-refractivity contribution in [2.45, 2.75) is 52.1 Å². The molecule has 2 aliphatic rings. The van der Waals surface area contributed by atoms with Gasteiger partial charge in [-0.25, -0.2) is 4.98 Å². The van der Waals surface area contributed by atoms with Gasteiger partial charge in [0.25, 0.3) is 6.01 Å². The van der Waals surface area contributed by atoms with Crippen molar-refractivity contribution in [2.75, 3.05) is 13.2 Å². The van der Waals surface area contributed by atoms with Gasteiger partial charge in [0.15, 0.2) is 5.65 Å². The molecule has 5 rings (SSSR count). The molecule has 1 aromatic carbocycles. The molecule has 1 aliphatic carbocycles. The van der Waals surface area contributed by atoms with E-state index in [1.54, 1.807) is 0 Å².